The number of aromatic nitrogens is 1. The quantitative estimate of drug-likeness (QED) is 0.532. The molecule has 2 amide bonds. The number of aryl methyl sites for hydroxylation is 1. The highest BCUT2D eigenvalue weighted by molar-refractivity contribution is 5.99. The molecule has 0 aliphatic carbocycles. The van der Waals surface area contributed by atoms with E-state index in [-0.39, 0.29) is 18.4 Å². The van der Waals surface area contributed by atoms with Crippen LogP contribution in [-0.2, 0) is 4.79 Å². The number of ether oxygens (including phenoxy) is 1. The first-order valence-corrected chi connectivity index (χ1v) is 10.3. The van der Waals surface area contributed by atoms with Crippen LogP contribution < -0.4 is 10.1 Å². The van der Waals surface area contributed by atoms with Crippen LogP contribution in [0, 0.1) is 6.92 Å². The summed E-state index contributed by atoms with van der Waals surface area (Å²) in [6, 6.07) is 8.72. The number of hydrogen-bond donors (Lipinski definition) is 1. The van der Waals surface area contributed by atoms with E-state index in [1.54, 1.807) is 42.2 Å². The van der Waals surface area contributed by atoms with Crippen molar-refractivity contribution in [2.24, 2.45) is 0 Å². The van der Waals surface area contributed by atoms with Gasteiger partial charge in [0.25, 0.3) is 5.91 Å². The maximum Gasteiger partial charge on any atom is 0.254 e. The lowest BCUT2D eigenvalue weighted by molar-refractivity contribution is -0.117. The van der Waals surface area contributed by atoms with Gasteiger partial charge in [-0.2, -0.15) is 0 Å². The minimum absolute atomic E-state index is 0.0385. The molecule has 2 rings (SSSR count). The van der Waals surface area contributed by atoms with Crippen LogP contribution in [0.4, 0.5) is 5.82 Å². The maximum atomic E-state index is 13.0. The van der Waals surface area contributed by atoms with E-state index in [1.807, 2.05) is 0 Å². The minimum atomic E-state index is -0.303. The topological polar surface area (TPSA) is 84.7 Å². The molecule has 1 N–H and O–H groups in total. The number of carbonyl (C=O) groups excluding carboxylic acids is 2. The first-order valence-electron chi connectivity index (χ1n) is 10.3. The maximum absolute atomic E-state index is 13.0. The van der Waals surface area contributed by atoms with E-state index in [2.05, 4.69) is 24.3 Å². The van der Waals surface area contributed by atoms with Crippen molar-refractivity contribution in [1.82, 2.24) is 10.1 Å². The molecule has 0 fully saturated rings. The van der Waals surface area contributed by atoms with E-state index in [4.69, 9.17) is 9.26 Å². The van der Waals surface area contributed by atoms with Crippen molar-refractivity contribution in [2.45, 2.75) is 52.9 Å². The van der Waals surface area contributed by atoms with Crippen molar-refractivity contribution in [3.05, 3.63) is 41.7 Å². The highest BCUT2D eigenvalue weighted by atomic mass is 16.5. The number of unbranched alkanes of at least 4 members (excludes halogenated alkanes) is 3. The van der Waals surface area contributed by atoms with Crippen LogP contribution in [0.25, 0.3) is 0 Å². The van der Waals surface area contributed by atoms with Crippen LogP contribution in [0.1, 0.15) is 62.1 Å². The van der Waals surface area contributed by atoms with Crippen LogP contribution in [0.3, 0.4) is 0 Å². The van der Waals surface area contributed by atoms with Crippen LogP contribution in [0.5, 0.6) is 5.75 Å². The van der Waals surface area contributed by atoms with Gasteiger partial charge in [-0.25, -0.2) is 0 Å². The molecule has 0 aliphatic rings. The Kier molecular flexibility index (Phi) is 9.21. The summed E-state index contributed by atoms with van der Waals surface area (Å²) in [6.45, 7) is 7.10. The van der Waals surface area contributed by atoms with Crippen molar-refractivity contribution in [2.75, 3.05) is 25.0 Å². The van der Waals surface area contributed by atoms with Gasteiger partial charge in [0.15, 0.2) is 5.82 Å². The molecule has 158 valence electrons. The number of rotatable bonds is 12. The van der Waals surface area contributed by atoms with E-state index in [0.717, 1.165) is 37.9 Å². The Bertz CT molecular complexity index is 771. The van der Waals surface area contributed by atoms with Gasteiger partial charge in [-0.05, 0) is 44.0 Å². The second-order valence-electron chi connectivity index (χ2n) is 7.03. The summed E-state index contributed by atoms with van der Waals surface area (Å²) in [5.74, 6) is 1.22. The molecule has 0 saturated carbocycles. The van der Waals surface area contributed by atoms with E-state index >= 15 is 0 Å². The van der Waals surface area contributed by atoms with Crippen molar-refractivity contribution < 1.29 is 18.8 Å². The zero-order valence-corrected chi connectivity index (χ0v) is 17.6. The summed E-state index contributed by atoms with van der Waals surface area (Å²) in [7, 11) is 0. The fourth-order valence-corrected chi connectivity index (χ4v) is 2.80. The molecule has 0 spiro atoms. The van der Waals surface area contributed by atoms with Crippen molar-refractivity contribution in [1.29, 1.82) is 0 Å². The Morgan fingerprint density at radius 2 is 1.83 bits per heavy atom. The van der Waals surface area contributed by atoms with Gasteiger partial charge in [-0.15, -0.1) is 0 Å². The van der Waals surface area contributed by atoms with Gasteiger partial charge >= 0.3 is 0 Å². The number of anilines is 1. The van der Waals surface area contributed by atoms with Crippen molar-refractivity contribution in [3.63, 3.8) is 0 Å². The van der Waals surface area contributed by atoms with E-state index in [9.17, 15) is 9.59 Å². The van der Waals surface area contributed by atoms with E-state index in [0.29, 0.717) is 30.3 Å². The van der Waals surface area contributed by atoms with Gasteiger partial charge in [0.2, 0.25) is 5.91 Å². The third kappa shape index (κ3) is 7.60. The lowest BCUT2D eigenvalue weighted by Crippen LogP contribution is -2.38. The molecule has 0 bridgehead atoms. The van der Waals surface area contributed by atoms with E-state index in [1.165, 1.54) is 0 Å². The highest BCUT2D eigenvalue weighted by Crippen LogP contribution is 2.15. The van der Waals surface area contributed by atoms with Gasteiger partial charge in [-0.3, -0.25) is 9.59 Å². The molecule has 0 unspecified atom stereocenters. The molecule has 0 aliphatic heterocycles. The Morgan fingerprint density at radius 1 is 1.10 bits per heavy atom. The second-order valence-corrected chi connectivity index (χ2v) is 7.03. The smallest absolute Gasteiger partial charge is 0.254 e. The summed E-state index contributed by atoms with van der Waals surface area (Å²) in [4.78, 5) is 26.9. The Balaban J connectivity index is 2.01. The van der Waals surface area contributed by atoms with Crippen LogP contribution in [0.2, 0.25) is 0 Å². The van der Waals surface area contributed by atoms with Crippen molar-refractivity contribution >= 4 is 17.6 Å². The first-order chi connectivity index (χ1) is 14.0. The number of benzene rings is 1. The summed E-state index contributed by atoms with van der Waals surface area (Å²) in [5.41, 5.74) is 0.537. The molecule has 7 heteroatoms. The van der Waals surface area contributed by atoms with Crippen LogP contribution in [0.15, 0.2) is 34.9 Å². The fraction of sp³-hybridized carbons (Fsp3) is 0.500. The number of carbonyl (C=O) groups is 2. The van der Waals surface area contributed by atoms with Gasteiger partial charge in [0, 0.05) is 18.2 Å². The van der Waals surface area contributed by atoms with Gasteiger partial charge in [0.1, 0.15) is 18.1 Å². The third-order valence-electron chi connectivity index (χ3n) is 4.42. The zero-order valence-electron chi connectivity index (χ0n) is 17.6. The second kappa shape index (κ2) is 11.9. The normalized spacial score (nSPS) is 10.6. The van der Waals surface area contributed by atoms with Gasteiger partial charge < -0.3 is 19.5 Å². The highest BCUT2D eigenvalue weighted by Gasteiger charge is 2.19. The molecule has 29 heavy (non-hydrogen) atoms. The van der Waals surface area contributed by atoms with E-state index < -0.39 is 0 Å². The van der Waals surface area contributed by atoms with Crippen LogP contribution in [-0.4, -0.2) is 41.6 Å². The Labute approximate surface area is 172 Å². The summed E-state index contributed by atoms with van der Waals surface area (Å²) >= 11 is 0. The number of nitrogens with one attached hydrogen (secondary N) is 1. The largest absolute Gasteiger partial charge is 0.494 e. The molecule has 2 aromatic rings. The predicted molar refractivity (Wildman–Crippen MR) is 112 cm³/mol. The van der Waals surface area contributed by atoms with Gasteiger partial charge in [0.05, 0.1) is 6.61 Å². The summed E-state index contributed by atoms with van der Waals surface area (Å²) in [6.07, 6.45) is 4.94. The molecule has 0 atom stereocenters. The molecule has 1 aromatic carbocycles. The molecule has 1 heterocycles. The summed E-state index contributed by atoms with van der Waals surface area (Å²) < 4.78 is 10.6. The molecule has 1 aromatic heterocycles. The minimum Gasteiger partial charge on any atom is -0.494 e. The molecular formula is C22H31N3O4. The standard InChI is InChI=1S/C22H31N3O4/c1-4-6-8-13-25(16-21(26)23-20-15-17(3)29-24-20)22(27)18-9-11-19(12-10-18)28-14-7-5-2/h9-12,15H,4-8,13-14,16H2,1-3H3,(H,23,24,26). The first kappa shape index (κ1) is 22.5. The van der Waals surface area contributed by atoms with Crippen molar-refractivity contribution in [3.8, 4) is 5.75 Å². The van der Waals surface area contributed by atoms with Crippen LogP contribution >= 0.6 is 0 Å². The lowest BCUT2D eigenvalue weighted by Gasteiger charge is -2.22. The average Bonchev–Trinajstić information content (AvgIpc) is 3.12. The molecule has 0 radical (unpaired) electrons. The molecule has 0 saturated heterocycles. The average molecular weight is 402 g/mol. The molecule has 7 nitrogen and oxygen atoms in total. The third-order valence-corrected chi connectivity index (χ3v) is 4.42. The number of amides is 2. The van der Waals surface area contributed by atoms with Gasteiger partial charge in [-0.1, -0.05) is 38.3 Å². The number of nitrogens with zero attached hydrogens (tertiary/aromatic N) is 2. The number of hydrogen-bond acceptors (Lipinski definition) is 5. The monoisotopic (exact) mass is 401 g/mol. The Hall–Kier alpha value is -2.83. The Morgan fingerprint density at radius 3 is 2.45 bits per heavy atom. The summed E-state index contributed by atoms with van der Waals surface area (Å²) in [5, 5.41) is 6.43. The predicted octanol–water partition coefficient (Wildman–Crippen LogP) is 4.43. The SMILES string of the molecule is CCCCCN(CC(=O)Nc1cc(C)on1)C(=O)c1ccc(OCCCC)cc1. The zero-order chi connectivity index (χ0) is 21.1. The lowest BCUT2D eigenvalue weighted by atomic mass is 10.1. The molecular weight excluding hydrogens is 370 g/mol. The fourth-order valence-electron chi connectivity index (χ4n) is 2.80.